The molecule has 0 aromatic carbocycles. The van der Waals surface area contributed by atoms with Crippen molar-refractivity contribution < 1.29 is 4.79 Å². The zero-order valence-corrected chi connectivity index (χ0v) is 11.3. The van der Waals surface area contributed by atoms with Gasteiger partial charge in [-0.1, -0.05) is 0 Å². The Labute approximate surface area is 104 Å². The first-order chi connectivity index (χ1) is 8.09. The van der Waals surface area contributed by atoms with Crippen LogP contribution in [0, 0.1) is 5.92 Å². The summed E-state index contributed by atoms with van der Waals surface area (Å²) in [6.07, 6.45) is 3.23. The molecule has 2 heterocycles. The lowest BCUT2D eigenvalue weighted by atomic mass is 9.96. The highest BCUT2D eigenvalue weighted by atomic mass is 16.2. The molecule has 1 amide bonds. The van der Waals surface area contributed by atoms with E-state index in [-0.39, 0.29) is 5.92 Å². The number of carbonyl (C=O) groups is 1. The van der Waals surface area contributed by atoms with Crippen molar-refractivity contribution in [3.8, 4) is 0 Å². The summed E-state index contributed by atoms with van der Waals surface area (Å²) in [5.74, 6) is 0.562. The molecule has 0 radical (unpaired) electrons. The fourth-order valence-electron chi connectivity index (χ4n) is 2.95. The zero-order chi connectivity index (χ0) is 12.4. The summed E-state index contributed by atoms with van der Waals surface area (Å²) in [6, 6.07) is 1.03. The van der Waals surface area contributed by atoms with E-state index in [2.05, 4.69) is 24.2 Å². The maximum absolute atomic E-state index is 12.3. The van der Waals surface area contributed by atoms with Gasteiger partial charge in [-0.15, -0.1) is 0 Å². The normalized spacial score (nSPS) is 34.9. The summed E-state index contributed by atoms with van der Waals surface area (Å²) in [7, 11) is 4.16. The summed E-state index contributed by atoms with van der Waals surface area (Å²) in [6.45, 7) is 5.22. The van der Waals surface area contributed by atoms with E-state index in [4.69, 9.17) is 0 Å². The van der Waals surface area contributed by atoms with Crippen LogP contribution < -0.4 is 5.32 Å². The topological polar surface area (TPSA) is 35.6 Å². The molecule has 2 fully saturated rings. The van der Waals surface area contributed by atoms with E-state index in [9.17, 15) is 4.79 Å². The summed E-state index contributed by atoms with van der Waals surface area (Å²) in [5.41, 5.74) is 0. The van der Waals surface area contributed by atoms with Gasteiger partial charge in [0.05, 0.1) is 5.92 Å². The van der Waals surface area contributed by atoms with Crippen LogP contribution in [-0.4, -0.2) is 61.5 Å². The van der Waals surface area contributed by atoms with Crippen LogP contribution in [-0.2, 0) is 4.79 Å². The third kappa shape index (κ3) is 2.80. The minimum atomic E-state index is 0.218. The molecule has 0 aromatic heterocycles. The molecule has 0 aromatic rings. The Morgan fingerprint density at radius 2 is 2.18 bits per heavy atom. The van der Waals surface area contributed by atoms with E-state index >= 15 is 0 Å². The molecule has 0 spiro atoms. The molecular formula is C13H25N3O. The maximum atomic E-state index is 12.3. The fourth-order valence-corrected chi connectivity index (χ4v) is 2.95. The lowest BCUT2D eigenvalue weighted by molar-refractivity contribution is -0.136. The smallest absolute Gasteiger partial charge is 0.227 e. The van der Waals surface area contributed by atoms with Crippen molar-refractivity contribution >= 4 is 5.91 Å². The highest BCUT2D eigenvalue weighted by Crippen LogP contribution is 2.22. The lowest BCUT2D eigenvalue weighted by Crippen LogP contribution is -2.49. The van der Waals surface area contributed by atoms with E-state index in [1.165, 1.54) is 0 Å². The summed E-state index contributed by atoms with van der Waals surface area (Å²) < 4.78 is 0. The minimum absolute atomic E-state index is 0.218. The predicted octanol–water partition coefficient (Wildman–Crippen LogP) is 0.537. The first kappa shape index (κ1) is 12.8. The largest absolute Gasteiger partial charge is 0.342 e. The molecule has 0 unspecified atom stereocenters. The average molecular weight is 239 g/mol. The Morgan fingerprint density at radius 3 is 2.76 bits per heavy atom. The van der Waals surface area contributed by atoms with Crippen molar-refractivity contribution in [3.63, 3.8) is 0 Å². The number of rotatable bonds is 2. The Hall–Kier alpha value is -0.610. The number of piperidine rings is 1. The van der Waals surface area contributed by atoms with E-state index in [1.807, 2.05) is 11.9 Å². The quantitative estimate of drug-likeness (QED) is 0.764. The van der Waals surface area contributed by atoms with Crippen molar-refractivity contribution in [1.29, 1.82) is 0 Å². The molecule has 4 heteroatoms. The second-order valence-corrected chi connectivity index (χ2v) is 5.65. The number of hydrogen-bond acceptors (Lipinski definition) is 3. The van der Waals surface area contributed by atoms with E-state index in [1.54, 1.807) is 0 Å². The first-order valence-electron chi connectivity index (χ1n) is 6.77. The van der Waals surface area contributed by atoms with Crippen molar-refractivity contribution in [2.24, 2.45) is 5.92 Å². The molecule has 0 aliphatic carbocycles. The second kappa shape index (κ2) is 5.36. The Balaban J connectivity index is 1.90. The van der Waals surface area contributed by atoms with Crippen molar-refractivity contribution in [1.82, 2.24) is 15.1 Å². The van der Waals surface area contributed by atoms with Crippen molar-refractivity contribution in [2.75, 3.05) is 33.7 Å². The number of nitrogens with zero attached hydrogens (tertiary/aromatic N) is 2. The van der Waals surface area contributed by atoms with Gasteiger partial charge in [0.1, 0.15) is 0 Å². The SMILES string of the molecule is C[C@@H]1C[C@@H](N(C)C(=O)[C@H]2CCNC2)CCN1C. The molecular weight excluding hydrogens is 214 g/mol. The lowest BCUT2D eigenvalue weighted by Gasteiger charge is -2.40. The van der Waals surface area contributed by atoms with Crippen LogP contribution in [0.5, 0.6) is 0 Å². The van der Waals surface area contributed by atoms with Crippen molar-refractivity contribution in [3.05, 3.63) is 0 Å². The second-order valence-electron chi connectivity index (χ2n) is 5.65. The Morgan fingerprint density at radius 1 is 1.41 bits per heavy atom. The van der Waals surface area contributed by atoms with Crippen LogP contribution in [0.15, 0.2) is 0 Å². The van der Waals surface area contributed by atoms with E-state index in [0.717, 1.165) is 38.9 Å². The van der Waals surface area contributed by atoms with Crippen LogP contribution in [0.1, 0.15) is 26.2 Å². The van der Waals surface area contributed by atoms with E-state index < -0.39 is 0 Å². The van der Waals surface area contributed by atoms with Crippen LogP contribution in [0.4, 0.5) is 0 Å². The molecule has 1 N–H and O–H groups in total. The molecule has 2 rings (SSSR count). The summed E-state index contributed by atoms with van der Waals surface area (Å²) in [4.78, 5) is 16.7. The minimum Gasteiger partial charge on any atom is -0.342 e. The number of likely N-dealkylation sites (tertiary alicyclic amines) is 1. The predicted molar refractivity (Wildman–Crippen MR) is 68.9 cm³/mol. The van der Waals surface area contributed by atoms with Gasteiger partial charge in [-0.25, -0.2) is 0 Å². The highest BCUT2D eigenvalue weighted by molar-refractivity contribution is 5.79. The van der Waals surface area contributed by atoms with Crippen LogP contribution in [0.2, 0.25) is 0 Å². The first-order valence-corrected chi connectivity index (χ1v) is 6.77. The fraction of sp³-hybridized carbons (Fsp3) is 0.923. The number of hydrogen-bond donors (Lipinski definition) is 1. The van der Waals surface area contributed by atoms with Crippen LogP contribution >= 0.6 is 0 Å². The third-order valence-electron chi connectivity index (χ3n) is 4.49. The molecule has 4 nitrogen and oxygen atoms in total. The number of carbonyl (C=O) groups excluding carboxylic acids is 1. The van der Waals surface area contributed by atoms with Crippen LogP contribution in [0.25, 0.3) is 0 Å². The van der Waals surface area contributed by atoms with Gasteiger partial charge in [0.15, 0.2) is 0 Å². The van der Waals surface area contributed by atoms with E-state index in [0.29, 0.717) is 18.0 Å². The molecule has 98 valence electrons. The zero-order valence-electron chi connectivity index (χ0n) is 11.3. The monoisotopic (exact) mass is 239 g/mol. The van der Waals surface area contributed by atoms with Gasteiger partial charge in [-0.05, 0) is 39.8 Å². The number of nitrogens with one attached hydrogen (secondary N) is 1. The van der Waals surface area contributed by atoms with Gasteiger partial charge >= 0.3 is 0 Å². The molecule has 2 aliphatic heterocycles. The Bertz CT molecular complexity index is 276. The molecule has 2 saturated heterocycles. The third-order valence-corrected chi connectivity index (χ3v) is 4.49. The van der Waals surface area contributed by atoms with Gasteiger partial charge < -0.3 is 15.1 Å². The summed E-state index contributed by atoms with van der Waals surface area (Å²) >= 11 is 0. The molecule has 0 bridgehead atoms. The van der Waals surface area contributed by atoms with Gasteiger partial charge in [0.25, 0.3) is 0 Å². The molecule has 0 saturated carbocycles. The average Bonchev–Trinajstić information content (AvgIpc) is 2.84. The van der Waals surface area contributed by atoms with Gasteiger partial charge in [0.2, 0.25) is 5.91 Å². The standard InChI is InChI=1S/C13H25N3O/c1-10-8-12(5-7-15(10)2)16(3)13(17)11-4-6-14-9-11/h10-12,14H,4-9H2,1-3H3/t10-,11+,12+/m1/s1. The molecule has 2 aliphatic rings. The maximum Gasteiger partial charge on any atom is 0.227 e. The molecule has 3 atom stereocenters. The van der Waals surface area contributed by atoms with Crippen molar-refractivity contribution in [2.45, 2.75) is 38.3 Å². The highest BCUT2D eigenvalue weighted by Gasteiger charge is 2.32. The van der Waals surface area contributed by atoms with Gasteiger partial charge in [0, 0.05) is 32.2 Å². The molecule has 17 heavy (non-hydrogen) atoms. The van der Waals surface area contributed by atoms with Crippen LogP contribution in [0.3, 0.4) is 0 Å². The van der Waals surface area contributed by atoms with Gasteiger partial charge in [-0.3, -0.25) is 4.79 Å². The summed E-state index contributed by atoms with van der Waals surface area (Å²) in [5, 5.41) is 3.27. The number of amides is 1. The Kier molecular flexibility index (Phi) is 4.05. The van der Waals surface area contributed by atoms with Gasteiger partial charge in [-0.2, -0.15) is 0 Å².